The van der Waals surface area contributed by atoms with Crippen molar-refractivity contribution in [3.05, 3.63) is 59.1 Å². The Bertz CT molecular complexity index is 1010. The lowest BCUT2D eigenvalue weighted by Gasteiger charge is -2.32. The molecule has 5 nitrogen and oxygen atoms in total. The molecule has 1 aromatic heterocycles. The lowest BCUT2D eigenvalue weighted by atomic mass is 10.0. The molecule has 1 saturated heterocycles. The number of piperidine rings is 1. The van der Waals surface area contributed by atoms with Gasteiger partial charge in [-0.05, 0) is 61.2 Å². The van der Waals surface area contributed by atoms with Gasteiger partial charge in [0.1, 0.15) is 17.1 Å². The molecule has 150 valence electrons. The number of anilines is 2. The van der Waals surface area contributed by atoms with Crippen LogP contribution in [0.1, 0.15) is 19.8 Å². The van der Waals surface area contributed by atoms with E-state index >= 15 is 0 Å². The first-order valence-corrected chi connectivity index (χ1v) is 10.7. The summed E-state index contributed by atoms with van der Waals surface area (Å²) in [6, 6.07) is 17.4. The smallest absolute Gasteiger partial charge is 0.262 e. The van der Waals surface area contributed by atoms with Crippen LogP contribution in [-0.2, 0) is 4.79 Å². The van der Waals surface area contributed by atoms with E-state index in [1.165, 1.54) is 12.8 Å². The highest BCUT2D eigenvalue weighted by molar-refractivity contribution is 9.10. The van der Waals surface area contributed by atoms with Gasteiger partial charge in [-0.25, -0.2) is 4.98 Å². The summed E-state index contributed by atoms with van der Waals surface area (Å²) in [5.41, 5.74) is 1.53. The third-order valence-corrected chi connectivity index (χ3v) is 5.66. The summed E-state index contributed by atoms with van der Waals surface area (Å²) in [6.45, 7) is 4.27. The number of hydrogen-bond donors (Lipinski definition) is 1. The number of benzene rings is 2. The monoisotopic (exact) mass is 453 g/mol. The van der Waals surface area contributed by atoms with Crippen molar-refractivity contribution >= 4 is 44.2 Å². The summed E-state index contributed by atoms with van der Waals surface area (Å²) in [4.78, 5) is 19.5. The van der Waals surface area contributed by atoms with Gasteiger partial charge in [0.2, 0.25) is 0 Å². The molecule has 0 aliphatic carbocycles. The highest BCUT2D eigenvalue weighted by atomic mass is 79.9. The van der Waals surface area contributed by atoms with Crippen molar-refractivity contribution in [2.24, 2.45) is 5.92 Å². The molecule has 6 heteroatoms. The number of carbonyl (C=O) groups is 1. The van der Waals surface area contributed by atoms with Gasteiger partial charge in [-0.3, -0.25) is 4.79 Å². The van der Waals surface area contributed by atoms with Crippen LogP contribution in [0, 0.1) is 5.92 Å². The Morgan fingerprint density at radius 1 is 1.21 bits per heavy atom. The highest BCUT2D eigenvalue weighted by Gasteiger charge is 2.18. The highest BCUT2D eigenvalue weighted by Crippen LogP contribution is 2.28. The summed E-state index contributed by atoms with van der Waals surface area (Å²) < 4.78 is 6.80. The van der Waals surface area contributed by atoms with Gasteiger partial charge in [-0.15, -0.1) is 0 Å². The zero-order valence-corrected chi connectivity index (χ0v) is 18.0. The Kier molecular flexibility index (Phi) is 6.00. The first-order chi connectivity index (χ1) is 14.1. The molecule has 0 bridgehead atoms. The Balaban J connectivity index is 1.48. The van der Waals surface area contributed by atoms with Gasteiger partial charge < -0.3 is 15.0 Å². The van der Waals surface area contributed by atoms with Gasteiger partial charge >= 0.3 is 0 Å². The molecular formula is C23H24BrN3O2. The number of para-hydroxylation sites is 1. The van der Waals surface area contributed by atoms with E-state index in [9.17, 15) is 4.79 Å². The molecule has 2 heterocycles. The molecule has 29 heavy (non-hydrogen) atoms. The summed E-state index contributed by atoms with van der Waals surface area (Å²) in [7, 11) is 0. The average Bonchev–Trinajstić information content (AvgIpc) is 2.73. The lowest BCUT2D eigenvalue weighted by molar-refractivity contribution is -0.118. The zero-order valence-electron chi connectivity index (χ0n) is 16.4. The van der Waals surface area contributed by atoms with Crippen LogP contribution < -0.4 is 15.0 Å². The van der Waals surface area contributed by atoms with E-state index in [1.54, 1.807) is 0 Å². The minimum atomic E-state index is -0.203. The topological polar surface area (TPSA) is 54.5 Å². The average molecular weight is 454 g/mol. The maximum atomic E-state index is 12.3. The second kappa shape index (κ2) is 8.82. The van der Waals surface area contributed by atoms with E-state index in [2.05, 4.69) is 45.2 Å². The molecule has 1 aliphatic rings. The van der Waals surface area contributed by atoms with Crippen molar-refractivity contribution in [2.75, 3.05) is 29.9 Å². The standard InChI is InChI=1S/C23H24BrN3O2/c1-16-4-3-13-27(14-16)21-12-7-17-5-2-6-20(23(17)26-21)29-15-22(28)25-19-10-8-18(24)9-11-19/h2,5-12,16H,3-4,13-15H2,1H3,(H,25,28)/t16-/m0/s1. The quantitative estimate of drug-likeness (QED) is 0.572. The molecule has 1 amide bonds. The van der Waals surface area contributed by atoms with Crippen molar-refractivity contribution in [2.45, 2.75) is 19.8 Å². The molecule has 2 aromatic carbocycles. The van der Waals surface area contributed by atoms with Gasteiger partial charge in [-0.2, -0.15) is 0 Å². The van der Waals surface area contributed by atoms with Gasteiger partial charge in [-0.1, -0.05) is 35.0 Å². The number of halogens is 1. The van der Waals surface area contributed by atoms with Crippen molar-refractivity contribution in [3.63, 3.8) is 0 Å². The maximum Gasteiger partial charge on any atom is 0.262 e. The van der Waals surface area contributed by atoms with Crippen molar-refractivity contribution in [3.8, 4) is 5.75 Å². The minimum Gasteiger partial charge on any atom is -0.481 e. The number of pyridine rings is 1. The molecule has 3 aromatic rings. The second-order valence-corrected chi connectivity index (χ2v) is 8.45. The summed E-state index contributed by atoms with van der Waals surface area (Å²) in [5.74, 6) is 2.07. The van der Waals surface area contributed by atoms with E-state index < -0.39 is 0 Å². The molecule has 1 atom stereocenters. The van der Waals surface area contributed by atoms with Crippen LogP contribution in [0.3, 0.4) is 0 Å². The lowest BCUT2D eigenvalue weighted by Crippen LogP contribution is -2.34. The number of nitrogens with zero attached hydrogens (tertiary/aromatic N) is 2. The van der Waals surface area contributed by atoms with Crippen molar-refractivity contribution < 1.29 is 9.53 Å². The van der Waals surface area contributed by atoms with Crippen LogP contribution in [0.25, 0.3) is 10.9 Å². The SMILES string of the molecule is C[C@H]1CCCN(c2ccc3cccc(OCC(=O)Nc4ccc(Br)cc4)c3n2)C1. The summed E-state index contributed by atoms with van der Waals surface area (Å²) in [6.07, 6.45) is 2.46. The number of fused-ring (bicyclic) bond motifs is 1. The van der Waals surface area contributed by atoms with Crippen LogP contribution >= 0.6 is 15.9 Å². The van der Waals surface area contributed by atoms with Crippen LogP contribution in [0.4, 0.5) is 11.5 Å². The molecular weight excluding hydrogens is 430 g/mol. The third-order valence-electron chi connectivity index (χ3n) is 5.14. The van der Waals surface area contributed by atoms with Gasteiger partial charge in [0.05, 0.1) is 0 Å². The van der Waals surface area contributed by atoms with E-state index in [-0.39, 0.29) is 12.5 Å². The number of nitrogens with one attached hydrogen (secondary N) is 1. The number of ether oxygens (including phenoxy) is 1. The third kappa shape index (κ3) is 4.88. The Morgan fingerprint density at radius 2 is 2.03 bits per heavy atom. The van der Waals surface area contributed by atoms with E-state index in [4.69, 9.17) is 9.72 Å². The van der Waals surface area contributed by atoms with Crippen LogP contribution in [-0.4, -0.2) is 30.6 Å². The van der Waals surface area contributed by atoms with Crippen LogP contribution in [0.15, 0.2) is 59.1 Å². The van der Waals surface area contributed by atoms with E-state index in [0.717, 1.165) is 40.0 Å². The Hall–Kier alpha value is -2.60. The number of carbonyl (C=O) groups excluding carboxylic acids is 1. The fourth-order valence-corrected chi connectivity index (χ4v) is 3.94. The van der Waals surface area contributed by atoms with Gasteiger partial charge in [0.25, 0.3) is 5.91 Å². The Labute approximate surface area is 179 Å². The van der Waals surface area contributed by atoms with Crippen LogP contribution in [0.2, 0.25) is 0 Å². The van der Waals surface area contributed by atoms with Crippen molar-refractivity contribution in [1.29, 1.82) is 0 Å². The molecule has 4 rings (SSSR count). The van der Waals surface area contributed by atoms with E-state index in [0.29, 0.717) is 11.7 Å². The Morgan fingerprint density at radius 3 is 2.83 bits per heavy atom. The summed E-state index contributed by atoms with van der Waals surface area (Å²) in [5, 5.41) is 3.85. The predicted octanol–water partition coefficient (Wildman–Crippen LogP) is 5.25. The molecule has 1 aliphatic heterocycles. The minimum absolute atomic E-state index is 0.0676. The predicted molar refractivity (Wildman–Crippen MR) is 121 cm³/mol. The summed E-state index contributed by atoms with van der Waals surface area (Å²) >= 11 is 3.39. The number of hydrogen-bond acceptors (Lipinski definition) is 4. The molecule has 0 unspecified atom stereocenters. The number of amides is 1. The van der Waals surface area contributed by atoms with Gasteiger partial charge in [0.15, 0.2) is 6.61 Å². The number of aromatic nitrogens is 1. The molecule has 1 fully saturated rings. The molecule has 0 saturated carbocycles. The fraction of sp³-hybridized carbons (Fsp3) is 0.304. The maximum absolute atomic E-state index is 12.3. The molecule has 0 radical (unpaired) electrons. The van der Waals surface area contributed by atoms with Gasteiger partial charge in [0, 0.05) is 28.6 Å². The fourth-order valence-electron chi connectivity index (χ4n) is 3.67. The first-order valence-electron chi connectivity index (χ1n) is 9.91. The van der Waals surface area contributed by atoms with Crippen LogP contribution in [0.5, 0.6) is 5.75 Å². The number of rotatable bonds is 5. The van der Waals surface area contributed by atoms with E-state index in [1.807, 2.05) is 42.5 Å². The molecule has 1 N–H and O–H groups in total. The first kappa shape index (κ1) is 19.7. The normalized spacial score (nSPS) is 16.6. The zero-order chi connectivity index (χ0) is 20.2. The largest absolute Gasteiger partial charge is 0.481 e. The second-order valence-electron chi connectivity index (χ2n) is 7.53. The van der Waals surface area contributed by atoms with Crippen molar-refractivity contribution in [1.82, 2.24) is 4.98 Å². The molecule has 0 spiro atoms.